The van der Waals surface area contributed by atoms with Crippen LogP contribution in [0.5, 0.6) is 0 Å². The molecule has 6 heteroatoms. The summed E-state index contributed by atoms with van der Waals surface area (Å²) in [6.45, 7) is 6.56. The third-order valence-corrected chi connectivity index (χ3v) is 7.03. The Morgan fingerprint density at radius 3 is 2.73 bits per heavy atom. The van der Waals surface area contributed by atoms with E-state index in [4.69, 9.17) is 9.47 Å². The zero-order chi connectivity index (χ0) is 18.5. The molecule has 1 aromatic carbocycles. The normalized spacial score (nSPS) is 24.8. The Balaban J connectivity index is 1.53. The molecule has 1 amide bonds. The number of rotatable bonds is 3. The molecule has 4 rings (SSSR count). The Labute approximate surface area is 162 Å². The average molecular weight is 390 g/mol. The summed E-state index contributed by atoms with van der Waals surface area (Å²) in [6, 6.07) is 8.57. The first kappa shape index (κ1) is 18.0. The zero-order valence-electron chi connectivity index (χ0n) is 15.5. The molecule has 1 unspecified atom stereocenters. The Kier molecular flexibility index (Phi) is 4.42. The van der Waals surface area contributed by atoms with E-state index in [9.17, 15) is 4.79 Å². The number of aryl methyl sites for hydroxylation is 1. The first-order chi connectivity index (χ1) is 12.3. The fourth-order valence-electron chi connectivity index (χ4n) is 3.52. The molecular formula is C20H23NO3S2. The van der Waals surface area contributed by atoms with Crippen molar-refractivity contribution >= 4 is 34.7 Å². The molecule has 0 radical (unpaired) electrons. The number of thiophene rings is 1. The fourth-order valence-corrected chi connectivity index (χ4v) is 5.65. The van der Waals surface area contributed by atoms with Crippen molar-refractivity contribution in [3.63, 3.8) is 0 Å². The first-order valence-corrected chi connectivity index (χ1v) is 10.5. The molecule has 26 heavy (non-hydrogen) atoms. The number of ether oxygens (including phenoxy) is 2. The van der Waals surface area contributed by atoms with Crippen molar-refractivity contribution < 1.29 is 14.3 Å². The van der Waals surface area contributed by atoms with Gasteiger partial charge in [0, 0.05) is 24.1 Å². The third kappa shape index (κ3) is 3.31. The van der Waals surface area contributed by atoms with Gasteiger partial charge in [0.15, 0.2) is 5.79 Å². The summed E-state index contributed by atoms with van der Waals surface area (Å²) >= 11 is 3.49. The highest BCUT2D eigenvalue weighted by Crippen LogP contribution is 2.43. The molecule has 138 valence electrons. The van der Waals surface area contributed by atoms with E-state index in [1.54, 1.807) is 28.0 Å². The second-order valence-electron chi connectivity index (χ2n) is 7.52. The van der Waals surface area contributed by atoms with Crippen molar-refractivity contribution in [3.8, 4) is 0 Å². The predicted molar refractivity (Wildman–Crippen MR) is 105 cm³/mol. The Bertz CT molecular complexity index is 860. The van der Waals surface area contributed by atoms with E-state index in [1.807, 2.05) is 20.9 Å². The van der Waals surface area contributed by atoms with Gasteiger partial charge < -0.3 is 14.4 Å². The SMILES string of the molecule is CN1C(=O)CCc2cc(Sc3cc(C4(C)COC(C)(C)O4)cs3)ccc21. The molecule has 0 N–H and O–H groups in total. The van der Waals surface area contributed by atoms with Crippen LogP contribution in [0.1, 0.15) is 38.3 Å². The van der Waals surface area contributed by atoms with Gasteiger partial charge in [-0.1, -0.05) is 11.8 Å². The zero-order valence-corrected chi connectivity index (χ0v) is 17.1. The van der Waals surface area contributed by atoms with Crippen LogP contribution in [-0.2, 0) is 26.3 Å². The van der Waals surface area contributed by atoms with Crippen molar-refractivity contribution in [1.82, 2.24) is 0 Å². The molecule has 0 spiro atoms. The number of nitrogens with zero attached hydrogens (tertiary/aromatic N) is 1. The summed E-state index contributed by atoms with van der Waals surface area (Å²) < 4.78 is 13.1. The van der Waals surface area contributed by atoms with Crippen molar-refractivity contribution in [2.75, 3.05) is 18.6 Å². The number of carbonyl (C=O) groups is 1. The minimum Gasteiger partial charge on any atom is -0.347 e. The van der Waals surface area contributed by atoms with Gasteiger partial charge in [-0.3, -0.25) is 4.79 Å². The largest absolute Gasteiger partial charge is 0.347 e. The van der Waals surface area contributed by atoms with Crippen LogP contribution >= 0.6 is 23.1 Å². The van der Waals surface area contributed by atoms with Gasteiger partial charge in [0.2, 0.25) is 5.91 Å². The lowest BCUT2D eigenvalue weighted by atomic mass is 10.0. The summed E-state index contributed by atoms with van der Waals surface area (Å²) in [6.07, 6.45) is 1.41. The molecule has 1 atom stereocenters. The van der Waals surface area contributed by atoms with Gasteiger partial charge in [-0.2, -0.15) is 0 Å². The summed E-state index contributed by atoms with van der Waals surface area (Å²) in [7, 11) is 1.85. The molecule has 2 aromatic rings. The van der Waals surface area contributed by atoms with Gasteiger partial charge >= 0.3 is 0 Å². The number of carbonyl (C=O) groups excluding carboxylic acids is 1. The molecule has 1 fully saturated rings. The summed E-state index contributed by atoms with van der Waals surface area (Å²) in [4.78, 5) is 14.8. The third-order valence-electron chi connectivity index (χ3n) is 4.97. The van der Waals surface area contributed by atoms with Crippen LogP contribution in [0, 0.1) is 0 Å². The Morgan fingerprint density at radius 1 is 1.19 bits per heavy atom. The van der Waals surface area contributed by atoms with Crippen molar-refractivity contribution in [3.05, 3.63) is 40.8 Å². The molecule has 1 saturated heterocycles. The van der Waals surface area contributed by atoms with E-state index >= 15 is 0 Å². The quantitative estimate of drug-likeness (QED) is 0.755. The monoisotopic (exact) mass is 389 g/mol. The maximum absolute atomic E-state index is 11.8. The molecule has 2 aliphatic heterocycles. The van der Waals surface area contributed by atoms with Gasteiger partial charge in [-0.05, 0) is 68.0 Å². The number of hydrogen-bond acceptors (Lipinski definition) is 5. The lowest BCUT2D eigenvalue weighted by Crippen LogP contribution is -2.30. The van der Waals surface area contributed by atoms with E-state index in [-0.39, 0.29) is 5.91 Å². The van der Waals surface area contributed by atoms with Gasteiger partial charge in [-0.15, -0.1) is 11.3 Å². The van der Waals surface area contributed by atoms with Gasteiger partial charge in [0.25, 0.3) is 0 Å². The Hall–Kier alpha value is -1.34. The Morgan fingerprint density at radius 2 is 2.00 bits per heavy atom. The topological polar surface area (TPSA) is 38.8 Å². The number of fused-ring (bicyclic) bond motifs is 1. The van der Waals surface area contributed by atoms with E-state index in [0.717, 1.165) is 12.1 Å². The minimum atomic E-state index is -0.536. The number of benzene rings is 1. The number of amides is 1. The minimum absolute atomic E-state index is 0.191. The molecule has 0 saturated carbocycles. The van der Waals surface area contributed by atoms with E-state index < -0.39 is 11.4 Å². The molecule has 0 aliphatic carbocycles. The average Bonchev–Trinajstić information content (AvgIpc) is 3.16. The van der Waals surface area contributed by atoms with Crippen LogP contribution in [0.3, 0.4) is 0 Å². The molecule has 0 bridgehead atoms. The highest BCUT2D eigenvalue weighted by molar-refractivity contribution is 8.01. The van der Waals surface area contributed by atoms with Crippen LogP contribution < -0.4 is 4.90 Å². The van der Waals surface area contributed by atoms with Gasteiger partial charge in [-0.25, -0.2) is 0 Å². The van der Waals surface area contributed by atoms with Crippen molar-refractivity contribution in [1.29, 1.82) is 0 Å². The molecular weight excluding hydrogens is 366 g/mol. The van der Waals surface area contributed by atoms with E-state index in [0.29, 0.717) is 13.0 Å². The lowest BCUT2D eigenvalue weighted by molar-refractivity contribution is -0.159. The molecule has 4 nitrogen and oxygen atoms in total. The molecule has 2 aliphatic rings. The highest BCUT2D eigenvalue weighted by Gasteiger charge is 2.43. The predicted octanol–water partition coefficient (Wildman–Crippen LogP) is 4.81. The van der Waals surface area contributed by atoms with E-state index in [1.165, 1.54) is 20.2 Å². The van der Waals surface area contributed by atoms with Crippen LogP contribution in [-0.4, -0.2) is 25.3 Å². The second-order valence-corrected chi connectivity index (χ2v) is 9.81. The number of anilines is 1. The lowest BCUT2D eigenvalue weighted by Gasteiger charge is -2.26. The van der Waals surface area contributed by atoms with Gasteiger partial charge in [0.05, 0.1) is 10.8 Å². The van der Waals surface area contributed by atoms with Crippen LogP contribution in [0.4, 0.5) is 5.69 Å². The first-order valence-electron chi connectivity index (χ1n) is 8.76. The van der Waals surface area contributed by atoms with E-state index in [2.05, 4.69) is 36.6 Å². The number of hydrogen-bond donors (Lipinski definition) is 0. The second kappa shape index (κ2) is 6.37. The fraction of sp³-hybridized carbons (Fsp3) is 0.450. The summed E-state index contributed by atoms with van der Waals surface area (Å²) in [5, 5.41) is 2.16. The smallest absolute Gasteiger partial charge is 0.227 e. The maximum atomic E-state index is 11.8. The molecule has 1 aromatic heterocycles. The van der Waals surface area contributed by atoms with Crippen LogP contribution in [0.25, 0.3) is 0 Å². The summed E-state index contributed by atoms with van der Waals surface area (Å²) in [5.41, 5.74) is 3.05. The van der Waals surface area contributed by atoms with Crippen molar-refractivity contribution in [2.24, 2.45) is 0 Å². The summed E-state index contributed by atoms with van der Waals surface area (Å²) in [5.74, 6) is -0.345. The van der Waals surface area contributed by atoms with Gasteiger partial charge in [0.1, 0.15) is 5.60 Å². The molecule has 3 heterocycles. The maximum Gasteiger partial charge on any atom is 0.227 e. The standard InChI is InChI=1S/C20H23NO3S2/c1-19(2)23-12-20(3,24-19)14-10-18(25-11-14)26-15-6-7-16-13(9-15)5-8-17(22)21(16)4/h6-7,9-11H,5,8,12H2,1-4H3. The van der Waals surface area contributed by atoms with Crippen LogP contribution in [0.2, 0.25) is 0 Å². The highest BCUT2D eigenvalue weighted by atomic mass is 32.2. The van der Waals surface area contributed by atoms with Crippen LogP contribution in [0.15, 0.2) is 38.8 Å². The van der Waals surface area contributed by atoms with Crippen molar-refractivity contribution in [2.45, 2.75) is 54.1 Å².